The van der Waals surface area contributed by atoms with Crippen LogP contribution in [-0.2, 0) is 16.0 Å². The minimum absolute atomic E-state index is 0.0300. The maximum atomic E-state index is 12.9. The third kappa shape index (κ3) is 5.87. The summed E-state index contributed by atoms with van der Waals surface area (Å²) >= 11 is 0. The fourth-order valence-corrected chi connectivity index (χ4v) is 5.35. The zero-order chi connectivity index (χ0) is 22.8. The number of ketones is 1. The molecule has 0 radical (unpaired) electrons. The van der Waals surface area contributed by atoms with Gasteiger partial charge in [-0.15, -0.1) is 0 Å². The summed E-state index contributed by atoms with van der Waals surface area (Å²) in [6, 6.07) is 9.04. The van der Waals surface area contributed by atoms with E-state index in [0.717, 1.165) is 25.2 Å². The number of carbonyl (C=O) groups excluding carboxylic acids is 1. The maximum absolute atomic E-state index is 12.9. The Morgan fingerprint density at radius 3 is 2.35 bits per heavy atom. The maximum Gasteiger partial charge on any atom is 0.307 e. The van der Waals surface area contributed by atoms with Gasteiger partial charge in [0.05, 0.1) is 6.42 Å². The van der Waals surface area contributed by atoms with E-state index >= 15 is 0 Å². The number of carbonyl (C=O) groups is 2. The van der Waals surface area contributed by atoms with Crippen molar-refractivity contribution in [3.63, 3.8) is 0 Å². The quantitative estimate of drug-likeness (QED) is 0.499. The topological polar surface area (TPSA) is 74.6 Å². The van der Waals surface area contributed by atoms with Gasteiger partial charge in [-0.1, -0.05) is 58.0 Å². The highest BCUT2D eigenvalue weighted by Gasteiger charge is 2.34. The first-order valence-corrected chi connectivity index (χ1v) is 11.5. The lowest BCUT2D eigenvalue weighted by atomic mass is 9.70. The summed E-state index contributed by atoms with van der Waals surface area (Å²) in [6.45, 7) is 9.89. The molecule has 0 saturated heterocycles. The van der Waals surface area contributed by atoms with Crippen molar-refractivity contribution in [2.75, 3.05) is 0 Å². The van der Waals surface area contributed by atoms with E-state index in [0.29, 0.717) is 17.9 Å². The Morgan fingerprint density at radius 2 is 1.81 bits per heavy atom. The van der Waals surface area contributed by atoms with Crippen molar-refractivity contribution >= 4 is 11.8 Å². The summed E-state index contributed by atoms with van der Waals surface area (Å²) < 4.78 is 0. The summed E-state index contributed by atoms with van der Waals surface area (Å²) in [4.78, 5) is 24.0. The number of aliphatic hydroxyl groups is 1. The molecule has 0 heterocycles. The van der Waals surface area contributed by atoms with Crippen LogP contribution >= 0.6 is 0 Å². The van der Waals surface area contributed by atoms with E-state index in [1.54, 1.807) is 0 Å². The number of hydrogen-bond donors (Lipinski definition) is 2. The Balaban J connectivity index is 1.78. The Bertz CT molecular complexity index is 871. The van der Waals surface area contributed by atoms with Gasteiger partial charge >= 0.3 is 5.97 Å². The average Bonchev–Trinajstić information content (AvgIpc) is 2.59. The summed E-state index contributed by atoms with van der Waals surface area (Å²) in [7, 11) is 0. The second kappa shape index (κ2) is 9.42. The standard InChI is InChI=1S/C27H36O4/c1-17-12-20(14-19-8-10-22(11-9-19)21-6-5-7-21)15-27(3,4)16-23(28)25(17)26(31)18(2)13-24(29)30/h8-11,17,20-21,28H,2,5-7,12-16H2,1,3-4H3,(H,29,30)/b25-23-. The third-order valence-corrected chi connectivity index (χ3v) is 6.99. The van der Waals surface area contributed by atoms with E-state index in [2.05, 4.69) is 44.7 Å². The summed E-state index contributed by atoms with van der Waals surface area (Å²) in [6.07, 6.45) is 6.63. The van der Waals surface area contributed by atoms with Crippen LogP contribution in [0.4, 0.5) is 0 Å². The largest absolute Gasteiger partial charge is 0.512 e. The summed E-state index contributed by atoms with van der Waals surface area (Å²) in [5.74, 6) is -0.432. The van der Waals surface area contributed by atoms with Gasteiger partial charge in [0.25, 0.3) is 0 Å². The van der Waals surface area contributed by atoms with Gasteiger partial charge in [0.1, 0.15) is 5.76 Å². The zero-order valence-electron chi connectivity index (χ0n) is 19.1. The molecule has 2 atom stereocenters. The van der Waals surface area contributed by atoms with Crippen LogP contribution in [0.2, 0.25) is 0 Å². The lowest BCUT2D eigenvalue weighted by Crippen LogP contribution is -2.28. The molecule has 31 heavy (non-hydrogen) atoms. The van der Waals surface area contributed by atoms with Gasteiger partial charge in [-0.25, -0.2) is 0 Å². The van der Waals surface area contributed by atoms with Crippen molar-refractivity contribution in [1.82, 2.24) is 0 Å². The number of carboxylic acid groups (broad SMARTS) is 1. The number of aliphatic carboxylic acids is 1. The van der Waals surface area contributed by atoms with Crippen LogP contribution in [0.5, 0.6) is 0 Å². The molecule has 2 aliphatic rings. The lowest BCUT2D eigenvalue weighted by Gasteiger charge is -2.35. The molecule has 0 bridgehead atoms. The highest BCUT2D eigenvalue weighted by molar-refractivity contribution is 6.10. The minimum Gasteiger partial charge on any atom is -0.512 e. The molecule has 1 aromatic carbocycles. The first-order valence-electron chi connectivity index (χ1n) is 11.5. The number of aliphatic hydroxyl groups excluding tert-OH is 1. The second-order valence-electron chi connectivity index (χ2n) is 10.5. The molecule has 0 amide bonds. The average molecular weight is 425 g/mol. The lowest BCUT2D eigenvalue weighted by molar-refractivity contribution is -0.136. The molecule has 1 aromatic rings. The van der Waals surface area contributed by atoms with Crippen LogP contribution in [0, 0.1) is 17.3 Å². The van der Waals surface area contributed by atoms with E-state index < -0.39 is 18.2 Å². The van der Waals surface area contributed by atoms with E-state index in [4.69, 9.17) is 5.11 Å². The molecule has 0 spiro atoms. The Kier molecular flexibility index (Phi) is 7.08. The van der Waals surface area contributed by atoms with Crippen LogP contribution < -0.4 is 0 Å². The highest BCUT2D eigenvalue weighted by atomic mass is 16.4. The molecule has 0 aromatic heterocycles. The van der Waals surface area contributed by atoms with Gasteiger partial charge in [-0.2, -0.15) is 0 Å². The number of rotatable bonds is 7. The molecule has 4 heteroatoms. The van der Waals surface area contributed by atoms with E-state index in [1.165, 1.54) is 30.4 Å². The number of benzene rings is 1. The van der Waals surface area contributed by atoms with Gasteiger partial charge in [-0.3, -0.25) is 9.59 Å². The van der Waals surface area contributed by atoms with Crippen LogP contribution in [0.15, 0.2) is 47.7 Å². The van der Waals surface area contributed by atoms with Crippen LogP contribution in [0.25, 0.3) is 0 Å². The molecular weight excluding hydrogens is 388 g/mol. The highest BCUT2D eigenvalue weighted by Crippen LogP contribution is 2.42. The smallest absolute Gasteiger partial charge is 0.307 e. The summed E-state index contributed by atoms with van der Waals surface area (Å²) in [5, 5.41) is 19.8. The van der Waals surface area contributed by atoms with Gasteiger partial charge in [0.15, 0.2) is 5.78 Å². The molecule has 168 valence electrons. The molecule has 2 unspecified atom stereocenters. The molecule has 1 saturated carbocycles. The molecule has 4 nitrogen and oxygen atoms in total. The third-order valence-electron chi connectivity index (χ3n) is 6.99. The number of Topliss-reactive ketones (excluding diaryl/α,β-unsaturated/α-hetero) is 1. The first kappa shape index (κ1) is 23.3. The second-order valence-corrected chi connectivity index (χ2v) is 10.5. The van der Waals surface area contributed by atoms with Crippen molar-refractivity contribution in [2.45, 2.75) is 78.1 Å². The fourth-order valence-electron chi connectivity index (χ4n) is 5.35. The summed E-state index contributed by atoms with van der Waals surface area (Å²) in [5.41, 5.74) is 2.99. The monoisotopic (exact) mass is 424 g/mol. The van der Waals surface area contributed by atoms with E-state index in [9.17, 15) is 14.7 Å². The SMILES string of the molecule is C=C(CC(=O)O)C(=O)/C1=C(\O)CC(C)(C)CC(Cc2ccc(C3CCC3)cc2)CC1C. The predicted octanol–water partition coefficient (Wildman–Crippen LogP) is 6.37. The Morgan fingerprint density at radius 1 is 1.16 bits per heavy atom. The minimum atomic E-state index is -1.08. The van der Waals surface area contributed by atoms with Gasteiger partial charge < -0.3 is 10.2 Å². The molecule has 1 fully saturated rings. The van der Waals surface area contributed by atoms with Crippen LogP contribution in [-0.4, -0.2) is 22.0 Å². The molecule has 3 rings (SSSR count). The van der Waals surface area contributed by atoms with Gasteiger partial charge in [-0.05, 0) is 66.4 Å². The Labute approximate surface area is 186 Å². The molecule has 2 N–H and O–H groups in total. The molecule has 0 aliphatic heterocycles. The van der Waals surface area contributed by atoms with Crippen LogP contribution in [0.3, 0.4) is 0 Å². The predicted molar refractivity (Wildman–Crippen MR) is 123 cm³/mol. The number of carboxylic acids is 1. The van der Waals surface area contributed by atoms with Gasteiger partial charge in [0, 0.05) is 17.6 Å². The van der Waals surface area contributed by atoms with Crippen molar-refractivity contribution in [1.29, 1.82) is 0 Å². The molecule has 2 aliphatic carbocycles. The van der Waals surface area contributed by atoms with Gasteiger partial charge in [0.2, 0.25) is 0 Å². The van der Waals surface area contributed by atoms with E-state index in [-0.39, 0.29) is 22.7 Å². The van der Waals surface area contributed by atoms with Crippen LogP contribution in [0.1, 0.15) is 82.8 Å². The van der Waals surface area contributed by atoms with Crippen molar-refractivity contribution in [3.05, 3.63) is 58.9 Å². The van der Waals surface area contributed by atoms with Crippen molar-refractivity contribution in [3.8, 4) is 0 Å². The fraction of sp³-hybridized carbons (Fsp3) is 0.556. The number of allylic oxidation sites excluding steroid dienone is 2. The molecular formula is C27H36O4. The number of hydrogen-bond acceptors (Lipinski definition) is 3. The van der Waals surface area contributed by atoms with Crippen molar-refractivity contribution < 1.29 is 19.8 Å². The normalized spacial score (nSPS) is 26.4. The zero-order valence-corrected chi connectivity index (χ0v) is 19.1. The van der Waals surface area contributed by atoms with Crippen molar-refractivity contribution in [2.24, 2.45) is 17.3 Å². The Hall–Kier alpha value is -2.36. The van der Waals surface area contributed by atoms with E-state index in [1.807, 2.05) is 6.92 Å². The first-order chi connectivity index (χ1) is 14.6.